The highest BCUT2D eigenvalue weighted by Gasteiger charge is 2.57. The number of likely N-dealkylation sites (tertiary alicyclic amines) is 1. The number of nitrogens with two attached hydrogens (primary N) is 1. The Morgan fingerprint density at radius 1 is 1.18 bits per heavy atom. The molecule has 94 valence electrons. The lowest BCUT2D eigenvalue weighted by Crippen LogP contribution is -2.44. The van der Waals surface area contributed by atoms with Crippen molar-refractivity contribution in [1.82, 2.24) is 4.90 Å². The fourth-order valence-corrected chi connectivity index (χ4v) is 4.00. The summed E-state index contributed by atoms with van der Waals surface area (Å²) in [5, 5.41) is 0. The molecule has 0 aromatic heterocycles. The van der Waals surface area contributed by atoms with Gasteiger partial charge in [-0.05, 0) is 37.5 Å². The standard InChI is InChI=1S/C13H20N2OS/c14-12(17)8-3-2-6-15(7-8)13(16)11-9-4-1-5-10(9)11/h8-11H,1-7H2,(H2,14,17). The number of piperidine rings is 1. The molecule has 3 fully saturated rings. The second kappa shape index (κ2) is 4.23. The van der Waals surface area contributed by atoms with Crippen LogP contribution < -0.4 is 5.73 Å². The molecule has 0 aromatic rings. The van der Waals surface area contributed by atoms with E-state index in [0.29, 0.717) is 28.6 Å². The Balaban J connectivity index is 1.60. The van der Waals surface area contributed by atoms with Gasteiger partial charge in [0.25, 0.3) is 0 Å². The largest absolute Gasteiger partial charge is 0.393 e. The number of hydrogen-bond donors (Lipinski definition) is 1. The fraction of sp³-hybridized carbons (Fsp3) is 0.846. The highest BCUT2D eigenvalue weighted by Crippen LogP contribution is 2.58. The van der Waals surface area contributed by atoms with Crippen LogP contribution in [0.1, 0.15) is 32.1 Å². The highest BCUT2D eigenvalue weighted by atomic mass is 32.1. The number of rotatable bonds is 2. The van der Waals surface area contributed by atoms with Crippen LogP contribution in [-0.2, 0) is 4.79 Å². The van der Waals surface area contributed by atoms with E-state index in [1.54, 1.807) is 0 Å². The molecule has 1 heterocycles. The topological polar surface area (TPSA) is 46.3 Å². The lowest BCUT2D eigenvalue weighted by Gasteiger charge is -2.32. The fourth-order valence-electron chi connectivity index (χ4n) is 3.81. The number of amides is 1. The average Bonchev–Trinajstić information content (AvgIpc) is 2.81. The summed E-state index contributed by atoms with van der Waals surface area (Å²) in [4.78, 5) is 15.0. The average molecular weight is 252 g/mol. The second-order valence-electron chi connectivity index (χ2n) is 5.81. The summed E-state index contributed by atoms with van der Waals surface area (Å²) >= 11 is 5.06. The van der Waals surface area contributed by atoms with E-state index in [4.69, 9.17) is 18.0 Å². The van der Waals surface area contributed by atoms with Gasteiger partial charge in [-0.2, -0.15) is 0 Å². The first kappa shape index (κ1) is 11.5. The molecule has 1 amide bonds. The van der Waals surface area contributed by atoms with Gasteiger partial charge in [-0.25, -0.2) is 0 Å². The molecular weight excluding hydrogens is 232 g/mol. The van der Waals surface area contributed by atoms with Crippen LogP contribution in [0.25, 0.3) is 0 Å². The second-order valence-corrected chi connectivity index (χ2v) is 6.28. The van der Waals surface area contributed by atoms with Crippen molar-refractivity contribution in [3.63, 3.8) is 0 Å². The van der Waals surface area contributed by atoms with E-state index in [9.17, 15) is 4.79 Å². The van der Waals surface area contributed by atoms with Crippen LogP contribution in [-0.4, -0.2) is 28.9 Å². The molecule has 0 radical (unpaired) electrons. The van der Waals surface area contributed by atoms with Crippen LogP contribution in [0.2, 0.25) is 0 Å². The molecule has 3 aliphatic rings. The first-order valence-corrected chi connectivity index (χ1v) is 7.17. The summed E-state index contributed by atoms with van der Waals surface area (Å²) in [6.45, 7) is 1.68. The molecule has 17 heavy (non-hydrogen) atoms. The summed E-state index contributed by atoms with van der Waals surface area (Å²) in [5.74, 6) is 2.43. The smallest absolute Gasteiger partial charge is 0.226 e. The molecular formula is C13H20N2OS. The van der Waals surface area contributed by atoms with Crippen LogP contribution in [0.5, 0.6) is 0 Å². The third kappa shape index (κ3) is 1.96. The monoisotopic (exact) mass is 252 g/mol. The lowest BCUT2D eigenvalue weighted by atomic mass is 9.97. The lowest BCUT2D eigenvalue weighted by molar-refractivity contribution is -0.134. The van der Waals surface area contributed by atoms with Crippen molar-refractivity contribution in [3.8, 4) is 0 Å². The Morgan fingerprint density at radius 3 is 2.53 bits per heavy atom. The Hall–Kier alpha value is -0.640. The van der Waals surface area contributed by atoms with Gasteiger partial charge in [0.15, 0.2) is 0 Å². The van der Waals surface area contributed by atoms with Crippen molar-refractivity contribution in [2.75, 3.05) is 13.1 Å². The number of carbonyl (C=O) groups is 1. The van der Waals surface area contributed by atoms with Gasteiger partial charge >= 0.3 is 0 Å². The van der Waals surface area contributed by atoms with Crippen molar-refractivity contribution < 1.29 is 4.79 Å². The minimum Gasteiger partial charge on any atom is -0.393 e. The summed E-state index contributed by atoms with van der Waals surface area (Å²) in [6, 6.07) is 0. The molecule has 0 spiro atoms. The summed E-state index contributed by atoms with van der Waals surface area (Å²) in [6.07, 6.45) is 5.97. The van der Waals surface area contributed by atoms with Gasteiger partial charge in [-0.3, -0.25) is 4.79 Å². The van der Waals surface area contributed by atoms with Crippen LogP contribution in [0, 0.1) is 23.7 Å². The highest BCUT2D eigenvalue weighted by molar-refractivity contribution is 7.80. The molecule has 2 aliphatic carbocycles. The maximum atomic E-state index is 12.4. The molecule has 3 nitrogen and oxygen atoms in total. The van der Waals surface area contributed by atoms with E-state index in [1.807, 2.05) is 4.90 Å². The van der Waals surface area contributed by atoms with Crippen molar-refractivity contribution >= 4 is 23.1 Å². The van der Waals surface area contributed by atoms with Gasteiger partial charge in [0.05, 0.1) is 4.99 Å². The summed E-state index contributed by atoms with van der Waals surface area (Å²) in [7, 11) is 0. The normalized spacial score (nSPS) is 39.9. The van der Waals surface area contributed by atoms with Crippen molar-refractivity contribution in [3.05, 3.63) is 0 Å². The number of hydrogen-bond acceptors (Lipinski definition) is 2. The van der Waals surface area contributed by atoms with E-state index >= 15 is 0 Å². The number of thiocarbonyl (C=S) groups is 1. The Labute approximate surface area is 108 Å². The van der Waals surface area contributed by atoms with E-state index in [0.717, 1.165) is 25.9 Å². The zero-order valence-corrected chi connectivity index (χ0v) is 10.9. The molecule has 0 bridgehead atoms. The van der Waals surface area contributed by atoms with Crippen LogP contribution in [0.3, 0.4) is 0 Å². The number of nitrogens with zero attached hydrogens (tertiary/aromatic N) is 1. The maximum Gasteiger partial charge on any atom is 0.226 e. The minimum absolute atomic E-state index is 0.251. The third-order valence-electron chi connectivity index (χ3n) is 4.83. The summed E-state index contributed by atoms with van der Waals surface area (Å²) in [5.41, 5.74) is 5.71. The first-order chi connectivity index (χ1) is 8.18. The maximum absolute atomic E-state index is 12.4. The molecule has 2 saturated carbocycles. The molecule has 3 unspecified atom stereocenters. The molecule has 0 aromatic carbocycles. The van der Waals surface area contributed by atoms with Gasteiger partial charge in [-0.15, -0.1) is 0 Å². The van der Waals surface area contributed by atoms with Gasteiger partial charge < -0.3 is 10.6 Å². The predicted octanol–water partition coefficient (Wildman–Crippen LogP) is 1.56. The van der Waals surface area contributed by atoms with E-state index in [-0.39, 0.29) is 5.92 Å². The number of fused-ring (bicyclic) bond motifs is 1. The van der Waals surface area contributed by atoms with Crippen LogP contribution in [0.15, 0.2) is 0 Å². The molecule has 1 saturated heterocycles. The number of carbonyl (C=O) groups excluding carboxylic acids is 1. The molecule has 3 rings (SSSR count). The molecule has 4 heteroatoms. The van der Waals surface area contributed by atoms with E-state index in [1.165, 1.54) is 19.3 Å². The quantitative estimate of drug-likeness (QED) is 0.759. The van der Waals surface area contributed by atoms with E-state index < -0.39 is 0 Å². The minimum atomic E-state index is 0.251. The van der Waals surface area contributed by atoms with Crippen LogP contribution in [0.4, 0.5) is 0 Å². The van der Waals surface area contributed by atoms with Crippen molar-refractivity contribution in [2.24, 2.45) is 29.4 Å². The SMILES string of the molecule is NC(=S)C1CCCN(C(=O)C2C3CCCC32)C1. The Bertz CT molecular complexity index is 347. The van der Waals surface area contributed by atoms with Crippen LogP contribution >= 0.6 is 12.2 Å². The van der Waals surface area contributed by atoms with Gasteiger partial charge in [0, 0.05) is 24.9 Å². The predicted molar refractivity (Wildman–Crippen MR) is 70.4 cm³/mol. The molecule has 1 aliphatic heterocycles. The van der Waals surface area contributed by atoms with Gasteiger partial charge in [0.2, 0.25) is 5.91 Å². The molecule has 2 N–H and O–H groups in total. The Morgan fingerprint density at radius 2 is 1.88 bits per heavy atom. The van der Waals surface area contributed by atoms with Crippen molar-refractivity contribution in [1.29, 1.82) is 0 Å². The zero-order chi connectivity index (χ0) is 12.0. The third-order valence-corrected chi connectivity index (χ3v) is 5.16. The van der Waals surface area contributed by atoms with E-state index in [2.05, 4.69) is 0 Å². The van der Waals surface area contributed by atoms with Gasteiger partial charge in [-0.1, -0.05) is 18.6 Å². The first-order valence-electron chi connectivity index (χ1n) is 6.76. The summed E-state index contributed by atoms with van der Waals surface area (Å²) < 4.78 is 0. The van der Waals surface area contributed by atoms with Gasteiger partial charge in [0.1, 0.15) is 0 Å². The molecule has 3 atom stereocenters. The zero-order valence-electron chi connectivity index (χ0n) is 10.1. The Kier molecular flexibility index (Phi) is 2.85. The van der Waals surface area contributed by atoms with Crippen molar-refractivity contribution in [2.45, 2.75) is 32.1 Å².